The van der Waals surface area contributed by atoms with Gasteiger partial charge in [0, 0.05) is 0 Å². The van der Waals surface area contributed by atoms with Crippen molar-refractivity contribution >= 4 is 0 Å². The SMILES string of the molecule is CC(C)C1=CC2=C(C=CC2)C1. The highest BCUT2D eigenvalue weighted by Gasteiger charge is 2.17. The Morgan fingerprint density at radius 2 is 2.09 bits per heavy atom. The molecule has 2 aliphatic rings. The van der Waals surface area contributed by atoms with Crippen LogP contribution in [0.3, 0.4) is 0 Å². The van der Waals surface area contributed by atoms with E-state index in [0.29, 0.717) is 0 Å². The molecular weight excluding hydrogens is 132 g/mol. The van der Waals surface area contributed by atoms with Gasteiger partial charge in [-0.2, -0.15) is 0 Å². The molecule has 11 heavy (non-hydrogen) atoms. The second-order valence-electron chi connectivity index (χ2n) is 3.71. The topological polar surface area (TPSA) is 0 Å². The van der Waals surface area contributed by atoms with Gasteiger partial charge in [0.1, 0.15) is 0 Å². The molecule has 0 N–H and O–H groups in total. The molecule has 0 atom stereocenters. The Labute approximate surface area is 68.3 Å². The Morgan fingerprint density at radius 1 is 1.27 bits per heavy atom. The lowest BCUT2D eigenvalue weighted by Gasteiger charge is -2.05. The van der Waals surface area contributed by atoms with E-state index in [9.17, 15) is 0 Å². The summed E-state index contributed by atoms with van der Waals surface area (Å²) in [6, 6.07) is 0. The Bertz CT molecular complexity index is 262. The van der Waals surface area contributed by atoms with E-state index in [1.54, 1.807) is 16.7 Å². The molecule has 2 aliphatic carbocycles. The first-order valence-electron chi connectivity index (χ1n) is 4.36. The minimum atomic E-state index is 0.731. The molecule has 0 nitrogen and oxygen atoms in total. The second kappa shape index (κ2) is 2.37. The molecular formula is C11H14. The third-order valence-corrected chi connectivity index (χ3v) is 2.57. The van der Waals surface area contributed by atoms with Gasteiger partial charge in [-0.1, -0.05) is 37.6 Å². The summed E-state index contributed by atoms with van der Waals surface area (Å²) in [5.74, 6) is 0.731. The largest absolute Gasteiger partial charge is 0.0798 e. The van der Waals surface area contributed by atoms with Crippen molar-refractivity contribution in [3.05, 3.63) is 34.9 Å². The summed E-state index contributed by atoms with van der Waals surface area (Å²) in [7, 11) is 0. The molecule has 0 saturated heterocycles. The zero-order valence-corrected chi connectivity index (χ0v) is 7.22. The minimum absolute atomic E-state index is 0.731. The van der Waals surface area contributed by atoms with Crippen LogP contribution in [0.2, 0.25) is 0 Å². The summed E-state index contributed by atoms with van der Waals surface area (Å²) in [5, 5.41) is 0. The van der Waals surface area contributed by atoms with E-state index in [-0.39, 0.29) is 0 Å². The van der Waals surface area contributed by atoms with E-state index in [0.717, 1.165) is 5.92 Å². The Hall–Kier alpha value is -0.780. The summed E-state index contributed by atoms with van der Waals surface area (Å²) in [4.78, 5) is 0. The molecule has 0 spiro atoms. The summed E-state index contributed by atoms with van der Waals surface area (Å²) in [6.45, 7) is 4.55. The lowest BCUT2D eigenvalue weighted by Crippen LogP contribution is -1.90. The van der Waals surface area contributed by atoms with Crippen molar-refractivity contribution in [1.29, 1.82) is 0 Å². The molecule has 0 saturated carbocycles. The average Bonchev–Trinajstić information content (AvgIpc) is 2.40. The van der Waals surface area contributed by atoms with Gasteiger partial charge in [-0.25, -0.2) is 0 Å². The number of allylic oxidation sites excluding steroid dienone is 6. The summed E-state index contributed by atoms with van der Waals surface area (Å²) >= 11 is 0. The van der Waals surface area contributed by atoms with Crippen LogP contribution in [0.25, 0.3) is 0 Å². The van der Waals surface area contributed by atoms with Gasteiger partial charge < -0.3 is 0 Å². The van der Waals surface area contributed by atoms with Crippen LogP contribution in [0.5, 0.6) is 0 Å². The molecule has 58 valence electrons. The molecule has 0 unspecified atom stereocenters. The first kappa shape index (κ1) is 6.90. The fourth-order valence-electron chi connectivity index (χ4n) is 1.76. The number of rotatable bonds is 1. The van der Waals surface area contributed by atoms with E-state index in [4.69, 9.17) is 0 Å². The highest BCUT2D eigenvalue weighted by molar-refractivity contribution is 5.49. The predicted octanol–water partition coefficient (Wildman–Crippen LogP) is 3.23. The molecule has 0 bridgehead atoms. The highest BCUT2D eigenvalue weighted by atomic mass is 14.2. The van der Waals surface area contributed by atoms with Crippen LogP contribution < -0.4 is 0 Å². The fourth-order valence-corrected chi connectivity index (χ4v) is 1.76. The lowest BCUT2D eigenvalue weighted by molar-refractivity contribution is 0.749. The maximum Gasteiger partial charge on any atom is -0.00586 e. The van der Waals surface area contributed by atoms with Crippen LogP contribution in [0, 0.1) is 5.92 Å². The van der Waals surface area contributed by atoms with Gasteiger partial charge in [-0.3, -0.25) is 0 Å². The van der Waals surface area contributed by atoms with Gasteiger partial charge in [0.05, 0.1) is 0 Å². The molecule has 0 aromatic rings. The van der Waals surface area contributed by atoms with E-state index in [2.05, 4.69) is 32.1 Å². The van der Waals surface area contributed by atoms with Crippen molar-refractivity contribution in [3.63, 3.8) is 0 Å². The monoisotopic (exact) mass is 146 g/mol. The summed E-state index contributed by atoms with van der Waals surface area (Å²) in [6.07, 6.45) is 9.31. The normalized spacial score (nSPS) is 21.5. The maximum atomic E-state index is 2.39. The van der Waals surface area contributed by atoms with Crippen molar-refractivity contribution in [2.45, 2.75) is 26.7 Å². The van der Waals surface area contributed by atoms with E-state index in [1.165, 1.54) is 12.8 Å². The first-order chi connectivity index (χ1) is 5.27. The van der Waals surface area contributed by atoms with Crippen LogP contribution in [0.1, 0.15) is 26.7 Å². The van der Waals surface area contributed by atoms with Crippen molar-refractivity contribution in [1.82, 2.24) is 0 Å². The second-order valence-corrected chi connectivity index (χ2v) is 3.71. The first-order valence-corrected chi connectivity index (χ1v) is 4.36. The molecule has 0 radical (unpaired) electrons. The Balaban J connectivity index is 2.17. The van der Waals surface area contributed by atoms with Gasteiger partial charge >= 0.3 is 0 Å². The van der Waals surface area contributed by atoms with Gasteiger partial charge in [-0.15, -0.1) is 0 Å². The van der Waals surface area contributed by atoms with Gasteiger partial charge in [0.25, 0.3) is 0 Å². The average molecular weight is 146 g/mol. The fraction of sp³-hybridized carbons (Fsp3) is 0.455. The van der Waals surface area contributed by atoms with Crippen LogP contribution in [-0.4, -0.2) is 0 Å². The van der Waals surface area contributed by atoms with E-state index < -0.39 is 0 Å². The molecule has 2 rings (SSSR count). The van der Waals surface area contributed by atoms with E-state index >= 15 is 0 Å². The predicted molar refractivity (Wildman–Crippen MR) is 48.3 cm³/mol. The minimum Gasteiger partial charge on any atom is -0.0798 e. The molecule has 0 aromatic carbocycles. The molecule has 0 amide bonds. The Morgan fingerprint density at radius 3 is 2.73 bits per heavy atom. The van der Waals surface area contributed by atoms with Gasteiger partial charge in [-0.05, 0) is 29.9 Å². The molecule has 0 heteroatoms. The van der Waals surface area contributed by atoms with E-state index in [1.807, 2.05) is 0 Å². The van der Waals surface area contributed by atoms with Crippen LogP contribution >= 0.6 is 0 Å². The van der Waals surface area contributed by atoms with Crippen LogP contribution in [-0.2, 0) is 0 Å². The number of hydrogen-bond acceptors (Lipinski definition) is 0. The van der Waals surface area contributed by atoms with Gasteiger partial charge in [0.2, 0.25) is 0 Å². The quantitative estimate of drug-likeness (QED) is 0.532. The molecule has 0 aliphatic heterocycles. The van der Waals surface area contributed by atoms with Crippen LogP contribution in [0.15, 0.2) is 34.9 Å². The molecule has 0 aromatic heterocycles. The van der Waals surface area contributed by atoms with Crippen molar-refractivity contribution in [3.8, 4) is 0 Å². The lowest BCUT2D eigenvalue weighted by atomic mass is 10.0. The third kappa shape index (κ3) is 1.07. The van der Waals surface area contributed by atoms with Crippen molar-refractivity contribution in [2.75, 3.05) is 0 Å². The van der Waals surface area contributed by atoms with Crippen molar-refractivity contribution < 1.29 is 0 Å². The zero-order chi connectivity index (χ0) is 7.84. The summed E-state index contributed by atoms with van der Waals surface area (Å²) in [5.41, 5.74) is 4.74. The maximum absolute atomic E-state index is 2.39. The van der Waals surface area contributed by atoms with Crippen molar-refractivity contribution in [2.24, 2.45) is 5.92 Å². The van der Waals surface area contributed by atoms with Crippen LogP contribution in [0.4, 0.5) is 0 Å². The standard InChI is InChI=1S/C11H14/c1-8(2)11-6-9-4-3-5-10(9)7-11/h3-4,7-8H,5-6H2,1-2H3. The third-order valence-electron chi connectivity index (χ3n) is 2.57. The zero-order valence-electron chi connectivity index (χ0n) is 7.22. The Kier molecular flexibility index (Phi) is 1.49. The molecule has 0 heterocycles. The summed E-state index contributed by atoms with van der Waals surface area (Å²) < 4.78 is 0. The van der Waals surface area contributed by atoms with Gasteiger partial charge in [0.15, 0.2) is 0 Å². The number of hydrogen-bond donors (Lipinski definition) is 0. The smallest absolute Gasteiger partial charge is 0.00586 e. The highest BCUT2D eigenvalue weighted by Crippen LogP contribution is 2.35. The molecule has 0 fully saturated rings.